The van der Waals surface area contributed by atoms with Crippen molar-refractivity contribution in [3.63, 3.8) is 0 Å². The molecule has 30 heavy (non-hydrogen) atoms. The molecule has 0 spiro atoms. The van der Waals surface area contributed by atoms with E-state index < -0.39 is 5.97 Å². The lowest BCUT2D eigenvalue weighted by atomic mass is 10.1. The van der Waals surface area contributed by atoms with E-state index in [-0.39, 0.29) is 11.5 Å². The first-order valence-electron chi connectivity index (χ1n) is 9.01. The molecule has 0 fully saturated rings. The van der Waals surface area contributed by atoms with Gasteiger partial charge in [0.25, 0.3) is 5.91 Å². The molecule has 0 bridgehead atoms. The van der Waals surface area contributed by atoms with Crippen LogP contribution in [-0.2, 0) is 0 Å². The third-order valence-electron chi connectivity index (χ3n) is 4.34. The molecule has 0 aliphatic rings. The molecule has 4 rings (SSSR count). The highest BCUT2D eigenvalue weighted by Crippen LogP contribution is 2.27. The van der Waals surface area contributed by atoms with Crippen molar-refractivity contribution < 1.29 is 14.7 Å². The molecule has 2 N–H and O–H groups in total. The SMILES string of the molecule is Cc1nc(-c2ccccn2)sc1C(=O)Nc1ccc(-c2ccc(C(=O)O)cc2)nc1. The summed E-state index contributed by atoms with van der Waals surface area (Å²) >= 11 is 1.29. The van der Waals surface area contributed by atoms with Crippen LogP contribution in [-0.4, -0.2) is 31.9 Å². The van der Waals surface area contributed by atoms with Gasteiger partial charge in [-0.25, -0.2) is 9.78 Å². The summed E-state index contributed by atoms with van der Waals surface area (Å²) in [5.41, 5.74) is 3.60. The lowest BCUT2D eigenvalue weighted by Gasteiger charge is -2.06. The van der Waals surface area contributed by atoms with Crippen molar-refractivity contribution in [2.75, 3.05) is 5.32 Å². The molecule has 7 nitrogen and oxygen atoms in total. The van der Waals surface area contributed by atoms with Crippen LogP contribution in [0.2, 0.25) is 0 Å². The topological polar surface area (TPSA) is 105 Å². The third-order valence-corrected chi connectivity index (χ3v) is 5.51. The number of carbonyl (C=O) groups is 2. The second-order valence-corrected chi connectivity index (χ2v) is 7.42. The van der Waals surface area contributed by atoms with Gasteiger partial charge in [0, 0.05) is 11.8 Å². The van der Waals surface area contributed by atoms with E-state index in [2.05, 4.69) is 20.3 Å². The molecule has 0 aliphatic heterocycles. The molecule has 0 unspecified atom stereocenters. The number of pyridine rings is 2. The van der Waals surface area contributed by atoms with Gasteiger partial charge < -0.3 is 10.4 Å². The number of anilines is 1. The second-order valence-electron chi connectivity index (χ2n) is 6.42. The monoisotopic (exact) mass is 416 g/mol. The number of benzene rings is 1. The Morgan fingerprint density at radius 2 is 1.77 bits per heavy atom. The Bertz CT molecular complexity index is 1200. The maximum absolute atomic E-state index is 12.7. The molecular weight excluding hydrogens is 400 g/mol. The minimum Gasteiger partial charge on any atom is -0.478 e. The summed E-state index contributed by atoms with van der Waals surface area (Å²) in [6, 6.07) is 15.5. The van der Waals surface area contributed by atoms with E-state index in [4.69, 9.17) is 5.11 Å². The molecule has 3 heterocycles. The maximum atomic E-state index is 12.7. The van der Waals surface area contributed by atoms with Gasteiger partial charge in [0.15, 0.2) is 0 Å². The minimum absolute atomic E-state index is 0.215. The number of nitrogens with zero attached hydrogens (tertiary/aromatic N) is 3. The first-order valence-corrected chi connectivity index (χ1v) is 9.83. The van der Waals surface area contributed by atoms with Crippen LogP contribution in [0.5, 0.6) is 0 Å². The highest BCUT2D eigenvalue weighted by molar-refractivity contribution is 7.17. The summed E-state index contributed by atoms with van der Waals surface area (Å²) in [6.45, 7) is 1.79. The van der Waals surface area contributed by atoms with E-state index in [0.717, 1.165) is 11.3 Å². The molecule has 1 amide bonds. The Morgan fingerprint density at radius 3 is 2.40 bits per heavy atom. The van der Waals surface area contributed by atoms with Crippen LogP contribution in [0, 0.1) is 6.92 Å². The van der Waals surface area contributed by atoms with Crippen molar-refractivity contribution in [2.45, 2.75) is 6.92 Å². The van der Waals surface area contributed by atoms with Crippen molar-refractivity contribution in [3.05, 3.63) is 83.1 Å². The zero-order valence-electron chi connectivity index (χ0n) is 15.9. The summed E-state index contributed by atoms with van der Waals surface area (Å²) in [5.74, 6) is -1.23. The predicted molar refractivity (Wildman–Crippen MR) is 115 cm³/mol. The fourth-order valence-corrected chi connectivity index (χ4v) is 3.75. The van der Waals surface area contributed by atoms with Gasteiger partial charge in [-0.15, -0.1) is 11.3 Å². The van der Waals surface area contributed by atoms with Crippen LogP contribution >= 0.6 is 11.3 Å². The molecule has 0 aliphatic carbocycles. The predicted octanol–water partition coefficient (Wildman–Crippen LogP) is 4.53. The number of hydrogen-bond acceptors (Lipinski definition) is 6. The Kier molecular flexibility index (Phi) is 5.32. The van der Waals surface area contributed by atoms with Gasteiger partial charge in [-0.3, -0.25) is 14.8 Å². The molecule has 8 heteroatoms. The molecule has 1 aromatic carbocycles. The highest BCUT2D eigenvalue weighted by atomic mass is 32.1. The van der Waals surface area contributed by atoms with Gasteiger partial charge in [0.05, 0.1) is 34.5 Å². The molecule has 0 saturated heterocycles. The number of rotatable bonds is 5. The molecule has 148 valence electrons. The number of aryl methyl sites for hydroxylation is 1. The average molecular weight is 416 g/mol. The quantitative estimate of drug-likeness (QED) is 0.495. The minimum atomic E-state index is -0.975. The smallest absolute Gasteiger partial charge is 0.335 e. The van der Waals surface area contributed by atoms with Gasteiger partial charge in [-0.2, -0.15) is 0 Å². The molecule has 3 aromatic heterocycles. The molecule has 0 atom stereocenters. The van der Waals surface area contributed by atoms with Gasteiger partial charge in [-0.05, 0) is 43.3 Å². The summed E-state index contributed by atoms with van der Waals surface area (Å²) in [7, 11) is 0. The van der Waals surface area contributed by atoms with Crippen molar-refractivity contribution >= 4 is 28.9 Å². The van der Waals surface area contributed by atoms with Crippen molar-refractivity contribution in [2.24, 2.45) is 0 Å². The Hall–Kier alpha value is -3.91. The molecule has 4 aromatic rings. The van der Waals surface area contributed by atoms with Gasteiger partial charge in [0.2, 0.25) is 0 Å². The lowest BCUT2D eigenvalue weighted by molar-refractivity contribution is 0.0696. The molecule has 0 saturated carbocycles. The summed E-state index contributed by atoms with van der Waals surface area (Å²) < 4.78 is 0. The van der Waals surface area contributed by atoms with E-state index in [9.17, 15) is 9.59 Å². The summed E-state index contributed by atoms with van der Waals surface area (Å²) in [5, 5.41) is 12.5. The van der Waals surface area contributed by atoms with Crippen LogP contribution in [0.1, 0.15) is 25.7 Å². The molecule has 0 radical (unpaired) electrons. The summed E-state index contributed by atoms with van der Waals surface area (Å²) in [6.07, 6.45) is 3.25. The van der Waals surface area contributed by atoms with Crippen LogP contribution in [0.4, 0.5) is 5.69 Å². The summed E-state index contributed by atoms with van der Waals surface area (Å²) in [4.78, 5) is 37.3. The van der Waals surface area contributed by atoms with E-state index in [1.54, 1.807) is 43.6 Å². The number of carboxylic acid groups (broad SMARTS) is 1. The van der Waals surface area contributed by atoms with Crippen LogP contribution in [0.3, 0.4) is 0 Å². The normalized spacial score (nSPS) is 10.6. The van der Waals surface area contributed by atoms with Crippen molar-refractivity contribution in [1.82, 2.24) is 15.0 Å². The lowest BCUT2D eigenvalue weighted by Crippen LogP contribution is -2.11. The maximum Gasteiger partial charge on any atom is 0.335 e. The number of hydrogen-bond donors (Lipinski definition) is 2. The largest absolute Gasteiger partial charge is 0.478 e. The van der Waals surface area contributed by atoms with Crippen LogP contribution in [0.15, 0.2) is 67.0 Å². The number of aromatic nitrogens is 3. The zero-order valence-corrected chi connectivity index (χ0v) is 16.7. The fraction of sp³-hybridized carbons (Fsp3) is 0.0455. The van der Waals surface area contributed by atoms with E-state index in [1.165, 1.54) is 23.5 Å². The van der Waals surface area contributed by atoms with Gasteiger partial charge >= 0.3 is 5.97 Å². The van der Waals surface area contributed by atoms with Crippen molar-refractivity contribution in [1.29, 1.82) is 0 Å². The Morgan fingerprint density at radius 1 is 0.967 bits per heavy atom. The average Bonchev–Trinajstić information content (AvgIpc) is 3.17. The van der Waals surface area contributed by atoms with Gasteiger partial charge in [-0.1, -0.05) is 18.2 Å². The second kappa shape index (κ2) is 8.22. The fourth-order valence-electron chi connectivity index (χ4n) is 2.82. The van der Waals surface area contributed by atoms with E-state index in [1.807, 2.05) is 18.2 Å². The number of carbonyl (C=O) groups excluding carboxylic acids is 1. The third kappa shape index (κ3) is 4.08. The molecular formula is C22H16N4O3S. The zero-order chi connectivity index (χ0) is 21.1. The van der Waals surface area contributed by atoms with E-state index >= 15 is 0 Å². The van der Waals surface area contributed by atoms with Crippen molar-refractivity contribution in [3.8, 4) is 22.0 Å². The number of carboxylic acids is 1. The number of aromatic carboxylic acids is 1. The highest BCUT2D eigenvalue weighted by Gasteiger charge is 2.17. The Balaban J connectivity index is 1.49. The van der Waals surface area contributed by atoms with Gasteiger partial charge in [0.1, 0.15) is 9.88 Å². The number of amides is 1. The van der Waals surface area contributed by atoms with Crippen LogP contribution < -0.4 is 5.32 Å². The number of nitrogens with one attached hydrogen (secondary N) is 1. The Labute approximate surface area is 176 Å². The first kappa shape index (κ1) is 19.4. The standard InChI is InChI=1S/C22H16N4O3S/c1-13-19(30-21(25-13)18-4-2-3-11-23-18)20(27)26-16-9-10-17(24-12-16)14-5-7-15(8-6-14)22(28)29/h2-12H,1H3,(H,26,27)(H,28,29). The van der Waals surface area contributed by atoms with E-state index in [0.29, 0.717) is 27.0 Å². The number of thiazole rings is 1. The van der Waals surface area contributed by atoms with Crippen LogP contribution in [0.25, 0.3) is 22.0 Å². The first-order chi connectivity index (χ1) is 14.5.